The van der Waals surface area contributed by atoms with Gasteiger partial charge in [-0.2, -0.15) is 5.26 Å². The van der Waals surface area contributed by atoms with E-state index in [0.717, 1.165) is 22.0 Å². The van der Waals surface area contributed by atoms with Gasteiger partial charge in [0.25, 0.3) is 0 Å². The van der Waals surface area contributed by atoms with Gasteiger partial charge in [0.1, 0.15) is 12.1 Å². The van der Waals surface area contributed by atoms with Crippen molar-refractivity contribution >= 4 is 34.1 Å². The molecule has 0 radical (unpaired) electrons. The van der Waals surface area contributed by atoms with Crippen LogP contribution in [0.1, 0.15) is 27.9 Å². The fourth-order valence-electron chi connectivity index (χ4n) is 4.30. The number of hydrogen-bond acceptors (Lipinski definition) is 3. The van der Waals surface area contributed by atoms with E-state index in [-0.39, 0.29) is 12.4 Å². The summed E-state index contributed by atoms with van der Waals surface area (Å²) in [6, 6.07) is 26.6. The van der Waals surface area contributed by atoms with Gasteiger partial charge < -0.3 is 9.30 Å². The van der Waals surface area contributed by atoms with Crippen molar-refractivity contribution in [3.8, 4) is 11.9 Å². The number of aromatic nitrogens is 2. The Morgan fingerprint density at radius 1 is 0.909 bits per heavy atom. The monoisotopic (exact) mass is 453 g/mol. The van der Waals surface area contributed by atoms with Gasteiger partial charge >= 0.3 is 0 Å². The van der Waals surface area contributed by atoms with Crippen molar-refractivity contribution in [3.63, 3.8) is 0 Å². The van der Waals surface area contributed by atoms with Crippen LogP contribution < -0.4 is 4.74 Å². The number of benzene rings is 3. The third kappa shape index (κ3) is 4.16. The van der Waals surface area contributed by atoms with E-state index in [1.165, 1.54) is 22.0 Å². The number of fused-ring (bicyclic) bond motifs is 2. The van der Waals surface area contributed by atoms with Crippen LogP contribution >= 0.6 is 12.4 Å². The number of ether oxygens (including phenoxy) is 1. The van der Waals surface area contributed by atoms with E-state index < -0.39 is 0 Å². The largest absolute Gasteiger partial charge is 0.471 e. The van der Waals surface area contributed by atoms with Gasteiger partial charge in [-0.05, 0) is 59.5 Å². The first-order valence-corrected chi connectivity index (χ1v) is 10.7. The highest BCUT2D eigenvalue weighted by Gasteiger charge is 2.17. The van der Waals surface area contributed by atoms with Crippen LogP contribution in [0.15, 0.2) is 79.0 Å². The third-order valence-corrected chi connectivity index (χ3v) is 6.18. The second kappa shape index (κ2) is 9.36. The first-order chi connectivity index (χ1) is 15.7. The SMILES string of the molecule is Cc1c(C)n(Cc2ccc(C#N)cc2)c2c(OCc3cccc4ccccc34)nccc12.Cl. The normalized spacial score (nSPS) is 10.7. The highest BCUT2D eigenvalue weighted by Crippen LogP contribution is 2.32. The number of nitrogens with zero attached hydrogens (tertiary/aromatic N) is 3. The average Bonchev–Trinajstić information content (AvgIpc) is 3.08. The number of aryl methyl sites for hydroxylation is 1. The number of rotatable bonds is 5. The van der Waals surface area contributed by atoms with Crippen molar-refractivity contribution in [3.05, 3.63) is 107 Å². The molecule has 0 N–H and O–H groups in total. The number of pyridine rings is 1. The van der Waals surface area contributed by atoms with Crippen LogP contribution in [0.3, 0.4) is 0 Å². The number of nitriles is 1. The van der Waals surface area contributed by atoms with Gasteiger partial charge in [-0.3, -0.25) is 0 Å². The van der Waals surface area contributed by atoms with Crippen LogP contribution in [0, 0.1) is 25.2 Å². The quantitative estimate of drug-likeness (QED) is 0.296. The van der Waals surface area contributed by atoms with Crippen LogP contribution in [0.4, 0.5) is 0 Å². The lowest BCUT2D eigenvalue weighted by atomic mass is 10.1. The summed E-state index contributed by atoms with van der Waals surface area (Å²) >= 11 is 0. The molecule has 0 saturated carbocycles. The third-order valence-electron chi connectivity index (χ3n) is 6.18. The molecule has 0 fully saturated rings. The van der Waals surface area contributed by atoms with Crippen LogP contribution in [0.2, 0.25) is 0 Å². The second-order valence-corrected chi connectivity index (χ2v) is 8.04. The molecule has 0 bridgehead atoms. The molecule has 4 nitrogen and oxygen atoms in total. The summed E-state index contributed by atoms with van der Waals surface area (Å²) in [7, 11) is 0. The standard InChI is InChI=1S/C28H23N3O.ClH/c1-19-20(2)31(17-22-12-10-21(16-29)11-13-22)27-25(19)14-15-30-28(27)32-18-24-8-5-7-23-6-3-4-9-26(23)24;/h3-15H,17-18H2,1-2H3;1H. The van der Waals surface area contributed by atoms with Crippen molar-refractivity contribution in [2.24, 2.45) is 0 Å². The molecule has 5 heteroatoms. The fourth-order valence-corrected chi connectivity index (χ4v) is 4.30. The van der Waals surface area contributed by atoms with Crippen molar-refractivity contribution in [1.82, 2.24) is 9.55 Å². The van der Waals surface area contributed by atoms with Gasteiger partial charge in [0, 0.05) is 23.8 Å². The predicted molar refractivity (Wildman–Crippen MR) is 135 cm³/mol. The lowest BCUT2D eigenvalue weighted by Crippen LogP contribution is -2.05. The van der Waals surface area contributed by atoms with Gasteiger partial charge in [0.15, 0.2) is 0 Å². The molecule has 0 unspecified atom stereocenters. The number of halogens is 1. The lowest BCUT2D eigenvalue weighted by molar-refractivity contribution is 0.298. The Labute approximate surface area is 199 Å². The topological polar surface area (TPSA) is 50.8 Å². The molecule has 0 spiro atoms. The zero-order chi connectivity index (χ0) is 22.1. The summed E-state index contributed by atoms with van der Waals surface area (Å²) in [5.74, 6) is 0.639. The Morgan fingerprint density at radius 2 is 1.67 bits per heavy atom. The van der Waals surface area contributed by atoms with Crippen molar-refractivity contribution < 1.29 is 4.74 Å². The lowest BCUT2D eigenvalue weighted by Gasteiger charge is -2.13. The highest BCUT2D eigenvalue weighted by molar-refractivity contribution is 5.89. The molecule has 2 heterocycles. The van der Waals surface area contributed by atoms with Gasteiger partial charge in [-0.1, -0.05) is 54.6 Å². The highest BCUT2D eigenvalue weighted by atomic mass is 35.5. The van der Waals surface area contributed by atoms with Gasteiger partial charge in [-0.25, -0.2) is 4.98 Å². The molecule has 0 aliphatic heterocycles. The molecule has 3 aromatic carbocycles. The minimum atomic E-state index is 0. The summed E-state index contributed by atoms with van der Waals surface area (Å²) in [5.41, 5.74) is 6.36. The molecule has 5 rings (SSSR count). The molecule has 0 amide bonds. The molecule has 2 aromatic heterocycles. The van der Waals surface area contributed by atoms with E-state index in [1.807, 2.05) is 30.5 Å². The molecular formula is C28H24ClN3O. The summed E-state index contributed by atoms with van der Waals surface area (Å²) in [5, 5.41) is 12.6. The Kier molecular flexibility index (Phi) is 6.35. The minimum absolute atomic E-state index is 0. The number of hydrogen-bond donors (Lipinski definition) is 0. The van der Waals surface area contributed by atoms with E-state index in [1.54, 1.807) is 0 Å². The summed E-state index contributed by atoms with van der Waals surface area (Å²) in [4.78, 5) is 4.60. The Hall–Kier alpha value is -3.81. The molecule has 0 aliphatic carbocycles. The minimum Gasteiger partial charge on any atom is -0.471 e. The van der Waals surface area contributed by atoms with Crippen molar-refractivity contribution in [2.75, 3.05) is 0 Å². The maximum Gasteiger partial charge on any atom is 0.238 e. The van der Waals surface area contributed by atoms with E-state index >= 15 is 0 Å². The molecular weight excluding hydrogens is 430 g/mol. The average molecular weight is 454 g/mol. The van der Waals surface area contributed by atoms with E-state index in [2.05, 4.69) is 78.0 Å². The van der Waals surface area contributed by atoms with Gasteiger partial charge in [0.2, 0.25) is 5.88 Å². The molecule has 164 valence electrons. The zero-order valence-corrected chi connectivity index (χ0v) is 19.4. The summed E-state index contributed by atoms with van der Waals surface area (Å²) in [6.07, 6.45) is 1.82. The van der Waals surface area contributed by atoms with Crippen LogP contribution in [-0.4, -0.2) is 9.55 Å². The van der Waals surface area contributed by atoms with E-state index in [4.69, 9.17) is 10.00 Å². The first-order valence-electron chi connectivity index (χ1n) is 10.7. The molecule has 5 aromatic rings. The van der Waals surface area contributed by atoms with Crippen LogP contribution in [0.5, 0.6) is 5.88 Å². The Bertz CT molecular complexity index is 1470. The fraction of sp³-hybridized carbons (Fsp3) is 0.143. The van der Waals surface area contributed by atoms with E-state index in [0.29, 0.717) is 24.6 Å². The summed E-state index contributed by atoms with van der Waals surface area (Å²) in [6.45, 7) is 5.42. The van der Waals surface area contributed by atoms with Crippen molar-refractivity contribution in [2.45, 2.75) is 27.0 Å². The predicted octanol–water partition coefficient (Wildman–Crippen LogP) is 6.73. The zero-order valence-electron chi connectivity index (χ0n) is 18.6. The summed E-state index contributed by atoms with van der Waals surface area (Å²) < 4.78 is 8.58. The van der Waals surface area contributed by atoms with Crippen molar-refractivity contribution in [1.29, 1.82) is 5.26 Å². The van der Waals surface area contributed by atoms with E-state index in [9.17, 15) is 0 Å². The Morgan fingerprint density at radius 3 is 2.45 bits per heavy atom. The van der Waals surface area contributed by atoms with Gasteiger partial charge in [0.05, 0.1) is 11.6 Å². The maximum atomic E-state index is 9.08. The molecule has 0 aliphatic rings. The molecule has 0 atom stereocenters. The second-order valence-electron chi connectivity index (χ2n) is 8.04. The Balaban J connectivity index is 0.00000259. The molecule has 33 heavy (non-hydrogen) atoms. The smallest absolute Gasteiger partial charge is 0.238 e. The molecule has 0 saturated heterocycles. The van der Waals surface area contributed by atoms with Crippen LogP contribution in [0.25, 0.3) is 21.7 Å². The van der Waals surface area contributed by atoms with Gasteiger partial charge in [-0.15, -0.1) is 12.4 Å². The van der Waals surface area contributed by atoms with Crippen LogP contribution in [-0.2, 0) is 13.2 Å². The maximum absolute atomic E-state index is 9.08. The first kappa shape index (κ1) is 22.4.